The van der Waals surface area contributed by atoms with E-state index in [1.807, 2.05) is 34.9 Å². The van der Waals surface area contributed by atoms with Gasteiger partial charge in [0.05, 0.1) is 18.2 Å². The van der Waals surface area contributed by atoms with Crippen molar-refractivity contribution in [2.75, 3.05) is 0 Å². The summed E-state index contributed by atoms with van der Waals surface area (Å²) in [6.45, 7) is 0.633. The van der Waals surface area contributed by atoms with Crippen LogP contribution >= 0.6 is 0 Å². The molecule has 0 amide bonds. The van der Waals surface area contributed by atoms with Gasteiger partial charge in [-0.05, 0) is 23.3 Å². The third-order valence-electron chi connectivity index (χ3n) is 3.41. The predicted octanol–water partition coefficient (Wildman–Crippen LogP) is 3.15. The summed E-state index contributed by atoms with van der Waals surface area (Å²) in [6, 6.07) is 15.8. The van der Waals surface area contributed by atoms with Gasteiger partial charge in [0.1, 0.15) is 11.9 Å². The first-order chi connectivity index (χ1) is 10.2. The third kappa shape index (κ3) is 3.01. The van der Waals surface area contributed by atoms with E-state index < -0.39 is 6.10 Å². The molecule has 3 nitrogen and oxygen atoms in total. The molecule has 1 aromatic heterocycles. The largest absolute Gasteiger partial charge is 0.382 e. The number of imidazole rings is 1. The molecule has 2 aromatic carbocycles. The van der Waals surface area contributed by atoms with Crippen LogP contribution in [0.1, 0.15) is 22.9 Å². The Morgan fingerprint density at radius 2 is 1.76 bits per heavy atom. The van der Waals surface area contributed by atoms with Crippen LogP contribution in [0.4, 0.5) is 4.39 Å². The van der Waals surface area contributed by atoms with Crippen molar-refractivity contribution in [1.29, 1.82) is 0 Å². The molecule has 4 heteroatoms. The van der Waals surface area contributed by atoms with Crippen LogP contribution in [0.25, 0.3) is 0 Å². The van der Waals surface area contributed by atoms with Gasteiger partial charge in [-0.15, -0.1) is 0 Å². The molecule has 0 saturated carbocycles. The zero-order valence-corrected chi connectivity index (χ0v) is 11.4. The summed E-state index contributed by atoms with van der Waals surface area (Å²) >= 11 is 0. The van der Waals surface area contributed by atoms with Crippen LogP contribution in [0.5, 0.6) is 0 Å². The molecule has 0 radical (unpaired) electrons. The lowest BCUT2D eigenvalue weighted by Gasteiger charge is -2.14. The number of halogens is 1. The number of nitrogens with zero attached hydrogens (tertiary/aromatic N) is 2. The van der Waals surface area contributed by atoms with Gasteiger partial charge in [-0.2, -0.15) is 0 Å². The van der Waals surface area contributed by atoms with E-state index in [-0.39, 0.29) is 5.82 Å². The van der Waals surface area contributed by atoms with Gasteiger partial charge in [-0.1, -0.05) is 42.5 Å². The van der Waals surface area contributed by atoms with Gasteiger partial charge in [0.2, 0.25) is 0 Å². The molecule has 1 unspecified atom stereocenters. The quantitative estimate of drug-likeness (QED) is 0.798. The second-order valence-electron chi connectivity index (χ2n) is 4.89. The van der Waals surface area contributed by atoms with Crippen LogP contribution in [0.3, 0.4) is 0 Å². The van der Waals surface area contributed by atoms with E-state index in [4.69, 9.17) is 0 Å². The van der Waals surface area contributed by atoms with Crippen LogP contribution in [-0.4, -0.2) is 14.7 Å². The molecule has 3 rings (SSSR count). The van der Waals surface area contributed by atoms with Crippen molar-refractivity contribution < 1.29 is 9.50 Å². The number of rotatable bonds is 4. The molecular weight excluding hydrogens is 267 g/mol. The average Bonchev–Trinajstić information content (AvgIpc) is 2.96. The standard InChI is InChI=1S/C17H15FN2O/c18-15-8-6-14(7-9-15)17(21)16-10-19-12-20(16)11-13-4-2-1-3-5-13/h1-10,12,17,21H,11H2. The maximum absolute atomic E-state index is 13.0. The molecule has 1 atom stereocenters. The Balaban J connectivity index is 1.86. The average molecular weight is 282 g/mol. The minimum Gasteiger partial charge on any atom is -0.382 e. The smallest absolute Gasteiger partial charge is 0.123 e. The molecule has 0 aliphatic heterocycles. The van der Waals surface area contributed by atoms with Gasteiger partial charge < -0.3 is 9.67 Å². The van der Waals surface area contributed by atoms with E-state index in [9.17, 15) is 9.50 Å². The monoisotopic (exact) mass is 282 g/mol. The Morgan fingerprint density at radius 1 is 1.05 bits per heavy atom. The maximum atomic E-state index is 13.0. The lowest BCUT2D eigenvalue weighted by atomic mass is 10.1. The topological polar surface area (TPSA) is 38.1 Å². The number of hydrogen-bond acceptors (Lipinski definition) is 2. The minimum atomic E-state index is -0.822. The van der Waals surface area contributed by atoms with Crippen molar-refractivity contribution in [3.05, 3.63) is 89.8 Å². The highest BCUT2D eigenvalue weighted by Gasteiger charge is 2.15. The zero-order chi connectivity index (χ0) is 14.7. The van der Waals surface area contributed by atoms with E-state index in [2.05, 4.69) is 4.98 Å². The molecule has 3 aromatic rings. The van der Waals surface area contributed by atoms with E-state index in [0.717, 1.165) is 5.56 Å². The Kier molecular flexibility index (Phi) is 3.79. The number of benzene rings is 2. The molecule has 1 heterocycles. The Hall–Kier alpha value is -2.46. The molecule has 0 fully saturated rings. The molecule has 0 aliphatic rings. The lowest BCUT2D eigenvalue weighted by molar-refractivity contribution is 0.210. The second kappa shape index (κ2) is 5.89. The number of aromatic nitrogens is 2. The fraction of sp³-hybridized carbons (Fsp3) is 0.118. The van der Waals surface area contributed by atoms with Crippen LogP contribution in [0.15, 0.2) is 67.1 Å². The SMILES string of the molecule is OC(c1ccc(F)cc1)c1cncn1Cc1ccccc1. The minimum absolute atomic E-state index is 0.316. The van der Waals surface area contributed by atoms with E-state index in [1.54, 1.807) is 24.7 Å². The Morgan fingerprint density at radius 3 is 2.48 bits per heavy atom. The molecule has 0 saturated heterocycles. The van der Waals surface area contributed by atoms with Crippen molar-refractivity contribution >= 4 is 0 Å². The predicted molar refractivity (Wildman–Crippen MR) is 78.2 cm³/mol. The van der Waals surface area contributed by atoms with Gasteiger partial charge in [0.15, 0.2) is 0 Å². The second-order valence-corrected chi connectivity index (χ2v) is 4.89. The van der Waals surface area contributed by atoms with Crippen molar-refractivity contribution in [3.63, 3.8) is 0 Å². The van der Waals surface area contributed by atoms with Crippen molar-refractivity contribution in [1.82, 2.24) is 9.55 Å². The summed E-state index contributed by atoms with van der Waals surface area (Å²) < 4.78 is 14.9. The Bertz CT molecular complexity index is 707. The highest BCUT2D eigenvalue weighted by atomic mass is 19.1. The van der Waals surface area contributed by atoms with E-state index in [0.29, 0.717) is 17.8 Å². The summed E-state index contributed by atoms with van der Waals surface area (Å²) in [5.41, 5.74) is 2.46. The van der Waals surface area contributed by atoms with Gasteiger partial charge in [0, 0.05) is 6.54 Å². The number of aliphatic hydroxyl groups excluding tert-OH is 1. The van der Waals surface area contributed by atoms with Crippen LogP contribution in [-0.2, 0) is 6.54 Å². The van der Waals surface area contributed by atoms with E-state index in [1.165, 1.54) is 12.1 Å². The summed E-state index contributed by atoms with van der Waals surface area (Å²) in [5, 5.41) is 10.4. The first-order valence-electron chi connectivity index (χ1n) is 6.71. The number of aliphatic hydroxyl groups is 1. The van der Waals surface area contributed by atoms with Gasteiger partial charge in [0.25, 0.3) is 0 Å². The lowest BCUT2D eigenvalue weighted by Crippen LogP contribution is -2.09. The summed E-state index contributed by atoms with van der Waals surface area (Å²) in [4.78, 5) is 4.11. The molecule has 1 N–H and O–H groups in total. The highest BCUT2D eigenvalue weighted by Crippen LogP contribution is 2.22. The molecule has 0 bridgehead atoms. The first kappa shape index (κ1) is 13.5. The maximum Gasteiger partial charge on any atom is 0.123 e. The van der Waals surface area contributed by atoms with Gasteiger partial charge >= 0.3 is 0 Å². The Labute approximate surface area is 122 Å². The number of hydrogen-bond donors (Lipinski definition) is 1. The zero-order valence-electron chi connectivity index (χ0n) is 11.4. The summed E-state index contributed by atoms with van der Waals surface area (Å²) in [7, 11) is 0. The van der Waals surface area contributed by atoms with Crippen LogP contribution < -0.4 is 0 Å². The van der Waals surface area contributed by atoms with Crippen LogP contribution in [0, 0.1) is 5.82 Å². The van der Waals surface area contributed by atoms with Gasteiger partial charge in [-0.25, -0.2) is 9.37 Å². The molecule has 21 heavy (non-hydrogen) atoms. The molecule has 106 valence electrons. The third-order valence-corrected chi connectivity index (χ3v) is 3.41. The summed E-state index contributed by atoms with van der Waals surface area (Å²) in [6.07, 6.45) is 2.50. The molecule has 0 aliphatic carbocycles. The molecule has 0 spiro atoms. The molecular formula is C17H15FN2O. The van der Waals surface area contributed by atoms with Crippen molar-refractivity contribution in [3.8, 4) is 0 Å². The van der Waals surface area contributed by atoms with Crippen molar-refractivity contribution in [2.45, 2.75) is 12.6 Å². The summed E-state index contributed by atoms with van der Waals surface area (Å²) in [5.74, 6) is -0.316. The highest BCUT2D eigenvalue weighted by molar-refractivity contribution is 5.26. The van der Waals surface area contributed by atoms with E-state index >= 15 is 0 Å². The van der Waals surface area contributed by atoms with Crippen molar-refractivity contribution in [2.24, 2.45) is 0 Å². The fourth-order valence-electron chi connectivity index (χ4n) is 2.29. The first-order valence-corrected chi connectivity index (χ1v) is 6.71. The fourth-order valence-corrected chi connectivity index (χ4v) is 2.29. The van der Waals surface area contributed by atoms with Crippen LogP contribution in [0.2, 0.25) is 0 Å². The van der Waals surface area contributed by atoms with Gasteiger partial charge in [-0.3, -0.25) is 0 Å². The normalized spacial score (nSPS) is 12.3.